The topological polar surface area (TPSA) is 37.0 Å². The highest BCUT2D eigenvalue weighted by molar-refractivity contribution is 9.10. The predicted molar refractivity (Wildman–Crippen MR) is 80.9 cm³/mol. The van der Waals surface area contributed by atoms with Crippen molar-refractivity contribution in [2.45, 2.75) is 13.1 Å². The summed E-state index contributed by atoms with van der Waals surface area (Å²) in [6.07, 6.45) is -4.42. The lowest BCUT2D eigenvalue weighted by Gasteiger charge is -2.14. The fourth-order valence-corrected chi connectivity index (χ4v) is 2.13. The number of alkyl halides is 3. The summed E-state index contributed by atoms with van der Waals surface area (Å²) < 4.78 is 39.5. The summed E-state index contributed by atoms with van der Waals surface area (Å²) in [5.41, 5.74) is 0.831. The lowest BCUT2D eigenvalue weighted by atomic mass is 10.2. The van der Waals surface area contributed by atoms with Gasteiger partial charge in [0, 0.05) is 17.2 Å². The summed E-state index contributed by atoms with van der Waals surface area (Å²) in [6.45, 7) is 1.86. The standard InChI is InChI=1S/C14H13BrF3N3/c1-8-10(15)4-3-5-11(8)20-13-7-9(14(16,17)18)6-12(19-2)21-13/h3-7H,1-2H3,(H2,19,20,21). The number of hydrogen-bond donors (Lipinski definition) is 2. The lowest BCUT2D eigenvalue weighted by Crippen LogP contribution is -2.08. The molecule has 1 aromatic heterocycles. The van der Waals surface area contributed by atoms with Crippen molar-refractivity contribution in [2.75, 3.05) is 17.7 Å². The van der Waals surface area contributed by atoms with Gasteiger partial charge < -0.3 is 10.6 Å². The largest absolute Gasteiger partial charge is 0.416 e. The van der Waals surface area contributed by atoms with E-state index in [4.69, 9.17) is 0 Å². The van der Waals surface area contributed by atoms with E-state index in [1.54, 1.807) is 12.1 Å². The normalized spacial score (nSPS) is 11.3. The van der Waals surface area contributed by atoms with Gasteiger partial charge in [-0.2, -0.15) is 13.2 Å². The first-order chi connectivity index (χ1) is 9.81. The minimum atomic E-state index is -4.42. The van der Waals surface area contributed by atoms with Gasteiger partial charge in [-0.1, -0.05) is 22.0 Å². The Balaban J connectivity index is 2.42. The minimum Gasteiger partial charge on any atom is -0.373 e. The third kappa shape index (κ3) is 3.66. The van der Waals surface area contributed by atoms with Gasteiger partial charge >= 0.3 is 6.18 Å². The van der Waals surface area contributed by atoms with Gasteiger partial charge in [0.2, 0.25) is 0 Å². The maximum atomic E-state index is 12.9. The van der Waals surface area contributed by atoms with Gasteiger partial charge in [-0.05, 0) is 36.8 Å². The molecule has 0 unspecified atom stereocenters. The smallest absolute Gasteiger partial charge is 0.373 e. The molecule has 1 aromatic carbocycles. The zero-order valence-electron chi connectivity index (χ0n) is 11.3. The Bertz CT molecular complexity index is 656. The van der Waals surface area contributed by atoms with Crippen molar-refractivity contribution in [1.82, 2.24) is 4.98 Å². The molecule has 21 heavy (non-hydrogen) atoms. The molecule has 2 aromatic rings. The number of aromatic nitrogens is 1. The van der Waals surface area contributed by atoms with Crippen molar-refractivity contribution in [2.24, 2.45) is 0 Å². The van der Waals surface area contributed by atoms with Crippen LogP contribution in [0, 0.1) is 6.92 Å². The van der Waals surface area contributed by atoms with E-state index >= 15 is 0 Å². The van der Waals surface area contributed by atoms with E-state index in [1.165, 1.54) is 7.05 Å². The molecule has 0 aliphatic carbocycles. The molecule has 2 rings (SSSR count). The van der Waals surface area contributed by atoms with E-state index in [0.29, 0.717) is 5.69 Å². The SMILES string of the molecule is CNc1cc(C(F)(F)F)cc(Nc2cccc(Br)c2C)n1. The number of nitrogens with zero attached hydrogens (tertiary/aromatic N) is 1. The number of halogens is 4. The van der Waals surface area contributed by atoms with Crippen molar-refractivity contribution in [3.8, 4) is 0 Å². The van der Waals surface area contributed by atoms with Gasteiger partial charge in [-0.25, -0.2) is 4.98 Å². The molecule has 1 heterocycles. The van der Waals surface area contributed by atoms with Crippen LogP contribution in [0.3, 0.4) is 0 Å². The second-order valence-electron chi connectivity index (χ2n) is 4.41. The Hall–Kier alpha value is -1.76. The van der Waals surface area contributed by atoms with Gasteiger partial charge in [0.1, 0.15) is 11.6 Å². The van der Waals surface area contributed by atoms with Gasteiger partial charge in [0.25, 0.3) is 0 Å². The molecule has 3 nitrogen and oxygen atoms in total. The maximum Gasteiger partial charge on any atom is 0.416 e. The van der Waals surface area contributed by atoms with Crippen molar-refractivity contribution < 1.29 is 13.2 Å². The molecule has 7 heteroatoms. The van der Waals surface area contributed by atoms with Crippen LogP contribution in [0.4, 0.5) is 30.5 Å². The van der Waals surface area contributed by atoms with E-state index in [0.717, 1.165) is 22.2 Å². The van der Waals surface area contributed by atoms with Crippen LogP contribution in [0.2, 0.25) is 0 Å². The van der Waals surface area contributed by atoms with Crippen LogP contribution in [0.5, 0.6) is 0 Å². The number of pyridine rings is 1. The van der Waals surface area contributed by atoms with E-state index in [1.807, 2.05) is 13.0 Å². The van der Waals surface area contributed by atoms with Gasteiger partial charge in [0.05, 0.1) is 5.56 Å². The highest BCUT2D eigenvalue weighted by Crippen LogP contribution is 2.33. The van der Waals surface area contributed by atoms with Crippen molar-refractivity contribution >= 4 is 33.3 Å². The Morgan fingerprint density at radius 1 is 1.14 bits per heavy atom. The number of anilines is 3. The van der Waals surface area contributed by atoms with Crippen LogP contribution >= 0.6 is 15.9 Å². The van der Waals surface area contributed by atoms with Crippen molar-refractivity contribution in [3.63, 3.8) is 0 Å². The first-order valence-electron chi connectivity index (χ1n) is 6.10. The summed E-state index contributed by atoms with van der Waals surface area (Å²) in [5, 5.41) is 5.55. The molecule has 0 amide bonds. The molecular formula is C14H13BrF3N3. The van der Waals surface area contributed by atoms with Crippen molar-refractivity contribution in [3.05, 3.63) is 45.9 Å². The summed E-state index contributed by atoms with van der Waals surface area (Å²) in [6, 6.07) is 7.40. The molecule has 0 bridgehead atoms. The minimum absolute atomic E-state index is 0.135. The fourth-order valence-electron chi connectivity index (χ4n) is 1.77. The Morgan fingerprint density at radius 3 is 2.43 bits per heavy atom. The Morgan fingerprint density at radius 2 is 1.81 bits per heavy atom. The summed E-state index contributed by atoms with van der Waals surface area (Å²) >= 11 is 3.38. The molecule has 0 atom stereocenters. The van der Waals surface area contributed by atoms with Crippen LogP contribution in [-0.4, -0.2) is 12.0 Å². The van der Waals surface area contributed by atoms with E-state index in [2.05, 4.69) is 31.5 Å². The van der Waals surface area contributed by atoms with Gasteiger partial charge in [0.15, 0.2) is 0 Å². The van der Waals surface area contributed by atoms with Gasteiger partial charge in [-0.3, -0.25) is 0 Å². The molecule has 2 N–H and O–H groups in total. The monoisotopic (exact) mass is 359 g/mol. The molecule has 0 aliphatic heterocycles. The van der Waals surface area contributed by atoms with E-state index in [9.17, 15) is 13.2 Å². The van der Waals surface area contributed by atoms with E-state index in [-0.39, 0.29) is 11.6 Å². The second-order valence-corrected chi connectivity index (χ2v) is 5.27. The molecule has 0 spiro atoms. The number of rotatable bonds is 3. The van der Waals surface area contributed by atoms with Crippen LogP contribution in [0.25, 0.3) is 0 Å². The summed E-state index contributed by atoms with van der Waals surface area (Å²) in [7, 11) is 1.52. The quantitative estimate of drug-likeness (QED) is 0.813. The second kappa shape index (κ2) is 5.93. The third-order valence-electron chi connectivity index (χ3n) is 2.94. The fraction of sp³-hybridized carbons (Fsp3) is 0.214. The molecule has 0 fully saturated rings. The highest BCUT2D eigenvalue weighted by Gasteiger charge is 2.31. The molecular weight excluding hydrogens is 347 g/mol. The van der Waals surface area contributed by atoms with Crippen molar-refractivity contribution in [1.29, 1.82) is 0 Å². The van der Waals surface area contributed by atoms with Crippen LogP contribution < -0.4 is 10.6 Å². The predicted octanol–water partition coefficient (Wildman–Crippen LogP) is 4.96. The zero-order chi connectivity index (χ0) is 15.6. The first-order valence-corrected chi connectivity index (χ1v) is 6.89. The number of nitrogens with one attached hydrogen (secondary N) is 2. The lowest BCUT2D eigenvalue weighted by molar-refractivity contribution is -0.137. The molecule has 0 radical (unpaired) electrons. The van der Waals surface area contributed by atoms with Crippen LogP contribution in [-0.2, 0) is 6.18 Å². The molecule has 0 saturated heterocycles. The zero-order valence-corrected chi connectivity index (χ0v) is 12.9. The third-order valence-corrected chi connectivity index (χ3v) is 3.80. The Labute approximate surface area is 128 Å². The van der Waals surface area contributed by atoms with E-state index < -0.39 is 11.7 Å². The highest BCUT2D eigenvalue weighted by atomic mass is 79.9. The molecule has 0 aliphatic rings. The van der Waals surface area contributed by atoms with Crippen LogP contribution in [0.1, 0.15) is 11.1 Å². The first kappa shape index (κ1) is 15.6. The Kier molecular flexibility index (Phi) is 4.41. The average Bonchev–Trinajstić information content (AvgIpc) is 2.42. The average molecular weight is 360 g/mol. The van der Waals surface area contributed by atoms with Gasteiger partial charge in [-0.15, -0.1) is 0 Å². The number of benzene rings is 1. The maximum absolute atomic E-state index is 12.9. The molecule has 0 saturated carbocycles. The number of hydrogen-bond acceptors (Lipinski definition) is 3. The van der Waals surface area contributed by atoms with Crippen LogP contribution in [0.15, 0.2) is 34.8 Å². The molecule has 112 valence electrons. The summed E-state index contributed by atoms with van der Waals surface area (Å²) in [5.74, 6) is 0.287. The summed E-state index contributed by atoms with van der Waals surface area (Å²) in [4.78, 5) is 4.09.